The SMILES string of the molecule is CCCCCCCCC=Cc1cc(O)[nH]c1O. The molecule has 96 valence electrons. The van der Waals surface area contributed by atoms with Crippen LogP contribution >= 0.6 is 0 Å². The first-order valence-electron chi connectivity index (χ1n) is 6.51. The molecule has 0 aliphatic carbocycles. The Morgan fingerprint density at radius 1 is 1.12 bits per heavy atom. The first kappa shape index (κ1) is 13.7. The van der Waals surface area contributed by atoms with Gasteiger partial charge in [-0.2, -0.15) is 0 Å². The van der Waals surface area contributed by atoms with Gasteiger partial charge < -0.3 is 10.2 Å². The Morgan fingerprint density at radius 2 is 1.82 bits per heavy atom. The first-order chi connectivity index (χ1) is 8.24. The standard InChI is InChI=1S/C14H23NO2/c1-2-3-4-5-6-7-8-9-10-12-11-13(16)15-14(12)17/h9-11,15-17H,2-8H2,1H3. The Labute approximate surface area is 103 Å². The first-order valence-corrected chi connectivity index (χ1v) is 6.51. The number of allylic oxidation sites excluding steroid dienone is 1. The molecule has 0 saturated heterocycles. The van der Waals surface area contributed by atoms with E-state index in [1.165, 1.54) is 44.6 Å². The lowest BCUT2D eigenvalue weighted by atomic mass is 10.1. The van der Waals surface area contributed by atoms with E-state index in [0.717, 1.165) is 6.42 Å². The second-order valence-electron chi connectivity index (χ2n) is 4.42. The number of rotatable bonds is 8. The van der Waals surface area contributed by atoms with Crippen LogP contribution in [-0.4, -0.2) is 15.2 Å². The van der Waals surface area contributed by atoms with Crippen LogP contribution < -0.4 is 0 Å². The zero-order valence-corrected chi connectivity index (χ0v) is 10.6. The largest absolute Gasteiger partial charge is 0.494 e. The van der Waals surface area contributed by atoms with Gasteiger partial charge in [-0.3, -0.25) is 4.98 Å². The number of nitrogens with one attached hydrogen (secondary N) is 1. The third kappa shape index (κ3) is 5.48. The highest BCUT2D eigenvalue weighted by molar-refractivity contribution is 5.56. The van der Waals surface area contributed by atoms with Crippen molar-refractivity contribution in [3.05, 3.63) is 17.7 Å². The van der Waals surface area contributed by atoms with Crippen LogP contribution in [0.1, 0.15) is 57.4 Å². The highest BCUT2D eigenvalue weighted by Gasteiger charge is 2.01. The molecule has 17 heavy (non-hydrogen) atoms. The molecule has 0 bridgehead atoms. The molecular weight excluding hydrogens is 214 g/mol. The molecule has 3 heteroatoms. The predicted molar refractivity (Wildman–Crippen MR) is 71.1 cm³/mol. The Morgan fingerprint density at radius 3 is 2.47 bits per heavy atom. The Bertz CT molecular complexity index is 342. The summed E-state index contributed by atoms with van der Waals surface area (Å²) in [5, 5.41) is 18.5. The summed E-state index contributed by atoms with van der Waals surface area (Å²) in [6.45, 7) is 2.22. The van der Waals surface area contributed by atoms with Crippen molar-refractivity contribution in [2.75, 3.05) is 0 Å². The van der Waals surface area contributed by atoms with Gasteiger partial charge in [0.25, 0.3) is 0 Å². The zero-order chi connectivity index (χ0) is 12.5. The lowest BCUT2D eigenvalue weighted by Gasteiger charge is -1.97. The lowest BCUT2D eigenvalue weighted by molar-refractivity contribution is 0.425. The van der Waals surface area contributed by atoms with Gasteiger partial charge in [-0.15, -0.1) is 0 Å². The molecule has 3 N–H and O–H groups in total. The fraction of sp³-hybridized carbons (Fsp3) is 0.571. The molecule has 1 rings (SSSR count). The predicted octanol–water partition coefficient (Wildman–Crippen LogP) is 4.19. The van der Waals surface area contributed by atoms with E-state index >= 15 is 0 Å². The third-order valence-electron chi connectivity index (χ3n) is 2.83. The maximum Gasteiger partial charge on any atom is 0.198 e. The van der Waals surface area contributed by atoms with Crippen molar-refractivity contribution in [1.82, 2.24) is 4.98 Å². The second kappa shape index (κ2) is 7.82. The van der Waals surface area contributed by atoms with Gasteiger partial charge in [-0.1, -0.05) is 51.2 Å². The van der Waals surface area contributed by atoms with E-state index in [2.05, 4.69) is 11.9 Å². The molecule has 0 saturated carbocycles. The molecule has 0 unspecified atom stereocenters. The van der Waals surface area contributed by atoms with E-state index in [4.69, 9.17) is 5.11 Å². The number of aromatic amines is 1. The van der Waals surface area contributed by atoms with Crippen LogP contribution in [0.5, 0.6) is 11.8 Å². The molecule has 0 amide bonds. The Balaban J connectivity index is 2.12. The fourth-order valence-electron chi connectivity index (χ4n) is 1.83. The molecule has 1 aromatic heterocycles. The molecule has 0 radical (unpaired) electrons. The number of H-pyrrole nitrogens is 1. The molecule has 1 aromatic rings. The summed E-state index contributed by atoms with van der Waals surface area (Å²) in [5.74, 6) is 0.0309. The van der Waals surface area contributed by atoms with E-state index in [-0.39, 0.29) is 11.8 Å². The molecule has 0 aromatic carbocycles. The topological polar surface area (TPSA) is 56.2 Å². The smallest absolute Gasteiger partial charge is 0.198 e. The average Bonchev–Trinajstić information content (AvgIpc) is 2.61. The molecular formula is C14H23NO2. The minimum atomic E-state index is 0.00159. The summed E-state index contributed by atoms with van der Waals surface area (Å²) < 4.78 is 0. The monoisotopic (exact) mass is 237 g/mol. The Hall–Kier alpha value is -1.38. The van der Waals surface area contributed by atoms with Gasteiger partial charge in [0.15, 0.2) is 11.8 Å². The van der Waals surface area contributed by atoms with Gasteiger partial charge in [0.2, 0.25) is 0 Å². The normalized spacial score (nSPS) is 11.4. The summed E-state index contributed by atoms with van der Waals surface area (Å²) in [6, 6.07) is 1.52. The minimum Gasteiger partial charge on any atom is -0.494 e. The molecule has 0 aliphatic heterocycles. The summed E-state index contributed by atoms with van der Waals surface area (Å²) in [7, 11) is 0. The summed E-state index contributed by atoms with van der Waals surface area (Å²) >= 11 is 0. The molecule has 3 nitrogen and oxygen atoms in total. The van der Waals surface area contributed by atoms with Crippen molar-refractivity contribution in [2.24, 2.45) is 0 Å². The van der Waals surface area contributed by atoms with Gasteiger partial charge in [0, 0.05) is 11.6 Å². The van der Waals surface area contributed by atoms with Gasteiger partial charge in [0.05, 0.1) is 0 Å². The number of unbranched alkanes of at least 4 members (excludes halogenated alkanes) is 6. The van der Waals surface area contributed by atoms with Crippen LogP contribution in [0, 0.1) is 0 Å². The van der Waals surface area contributed by atoms with E-state index in [1.807, 2.05) is 12.2 Å². The fourth-order valence-corrected chi connectivity index (χ4v) is 1.83. The molecule has 0 spiro atoms. The van der Waals surface area contributed by atoms with Crippen molar-refractivity contribution in [2.45, 2.75) is 51.9 Å². The number of aromatic nitrogens is 1. The van der Waals surface area contributed by atoms with Crippen molar-refractivity contribution in [1.29, 1.82) is 0 Å². The van der Waals surface area contributed by atoms with Gasteiger partial charge in [0.1, 0.15) is 0 Å². The maximum atomic E-state index is 9.36. The van der Waals surface area contributed by atoms with E-state index < -0.39 is 0 Å². The quantitative estimate of drug-likeness (QED) is 0.594. The van der Waals surface area contributed by atoms with Crippen LogP contribution in [0.25, 0.3) is 6.08 Å². The number of aromatic hydroxyl groups is 2. The van der Waals surface area contributed by atoms with E-state index in [1.54, 1.807) is 0 Å². The van der Waals surface area contributed by atoms with Crippen LogP contribution in [0.3, 0.4) is 0 Å². The lowest BCUT2D eigenvalue weighted by Crippen LogP contribution is -1.77. The highest BCUT2D eigenvalue weighted by Crippen LogP contribution is 2.22. The maximum absolute atomic E-state index is 9.36. The van der Waals surface area contributed by atoms with Gasteiger partial charge in [-0.05, 0) is 12.8 Å². The van der Waals surface area contributed by atoms with Crippen LogP contribution in [0.4, 0.5) is 0 Å². The average molecular weight is 237 g/mol. The zero-order valence-electron chi connectivity index (χ0n) is 10.6. The van der Waals surface area contributed by atoms with Gasteiger partial charge in [-0.25, -0.2) is 0 Å². The second-order valence-corrected chi connectivity index (χ2v) is 4.42. The molecule has 0 fully saturated rings. The van der Waals surface area contributed by atoms with Crippen LogP contribution in [0.2, 0.25) is 0 Å². The summed E-state index contributed by atoms with van der Waals surface area (Å²) in [4.78, 5) is 2.44. The van der Waals surface area contributed by atoms with Crippen LogP contribution in [0.15, 0.2) is 12.1 Å². The Kier molecular flexibility index (Phi) is 6.30. The third-order valence-corrected chi connectivity index (χ3v) is 2.83. The van der Waals surface area contributed by atoms with Crippen LogP contribution in [-0.2, 0) is 0 Å². The van der Waals surface area contributed by atoms with Gasteiger partial charge >= 0.3 is 0 Å². The molecule has 0 atom stereocenters. The van der Waals surface area contributed by atoms with Crippen molar-refractivity contribution >= 4 is 6.08 Å². The highest BCUT2D eigenvalue weighted by atomic mass is 16.3. The summed E-state index contributed by atoms with van der Waals surface area (Å²) in [5.41, 5.74) is 0.647. The summed E-state index contributed by atoms with van der Waals surface area (Å²) in [6.07, 6.45) is 12.7. The van der Waals surface area contributed by atoms with E-state index in [0.29, 0.717) is 5.56 Å². The molecule has 1 heterocycles. The minimum absolute atomic E-state index is 0.00159. The number of hydrogen-bond donors (Lipinski definition) is 3. The van der Waals surface area contributed by atoms with Crippen molar-refractivity contribution in [3.63, 3.8) is 0 Å². The van der Waals surface area contributed by atoms with E-state index in [9.17, 15) is 5.11 Å². The molecule has 0 aliphatic rings. The number of hydrogen-bond acceptors (Lipinski definition) is 2. The van der Waals surface area contributed by atoms with Crippen molar-refractivity contribution in [3.8, 4) is 11.8 Å². The van der Waals surface area contributed by atoms with Crippen molar-refractivity contribution < 1.29 is 10.2 Å².